The van der Waals surface area contributed by atoms with Gasteiger partial charge in [-0.1, -0.05) is 30.3 Å². The molecule has 0 aliphatic carbocycles. The second-order valence-electron chi connectivity index (χ2n) is 6.50. The van der Waals surface area contributed by atoms with E-state index in [0.717, 1.165) is 22.6 Å². The molecule has 0 unspecified atom stereocenters. The number of amides is 1. The van der Waals surface area contributed by atoms with Gasteiger partial charge in [-0.05, 0) is 37.6 Å². The standard InChI is InChI=1S/C19H23NO4/c1-19(2,3)24-18(22)20-15(11-12-21)17-14-8-6-5-7-13(14)9-10-16(17)23-4/h5-10,12,15H,11H2,1-4H3,(H,20,22)/t15-/m1/s1. The maximum absolute atomic E-state index is 12.2. The summed E-state index contributed by atoms with van der Waals surface area (Å²) < 4.78 is 10.8. The molecule has 5 nitrogen and oxygen atoms in total. The van der Waals surface area contributed by atoms with Gasteiger partial charge in [-0.3, -0.25) is 0 Å². The first kappa shape index (κ1) is 17.8. The fraction of sp³-hybridized carbons (Fsp3) is 0.368. The van der Waals surface area contributed by atoms with Crippen LogP contribution in [0.15, 0.2) is 36.4 Å². The summed E-state index contributed by atoms with van der Waals surface area (Å²) in [6, 6.07) is 11.0. The summed E-state index contributed by atoms with van der Waals surface area (Å²) in [7, 11) is 1.57. The Morgan fingerprint density at radius 1 is 1.21 bits per heavy atom. The zero-order chi connectivity index (χ0) is 17.7. The Morgan fingerprint density at radius 2 is 1.92 bits per heavy atom. The summed E-state index contributed by atoms with van der Waals surface area (Å²) in [6.45, 7) is 5.37. The minimum Gasteiger partial charge on any atom is -0.496 e. The predicted octanol–water partition coefficient (Wildman–Crippen LogP) is 4.00. The van der Waals surface area contributed by atoms with Gasteiger partial charge in [0.05, 0.1) is 13.2 Å². The van der Waals surface area contributed by atoms with E-state index in [-0.39, 0.29) is 6.42 Å². The van der Waals surface area contributed by atoms with Crippen molar-refractivity contribution in [1.29, 1.82) is 0 Å². The van der Waals surface area contributed by atoms with E-state index in [1.807, 2.05) is 36.4 Å². The lowest BCUT2D eigenvalue weighted by Crippen LogP contribution is -2.35. The number of rotatable bonds is 5. The van der Waals surface area contributed by atoms with Crippen LogP contribution in [0.2, 0.25) is 0 Å². The van der Waals surface area contributed by atoms with Gasteiger partial charge in [0.25, 0.3) is 0 Å². The highest BCUT2D eigenvalue weighted by molar-refractivity contribution is 5.89. The van der Waals surface area contributed by atoms with Crippen molar-refractivity contribution in [2.75, 3.05) is 7.11 Å². The van der Waals surface area contributed by atoms with Crippen LogP contribution in [-0.2, 0) is 9.53 Å². The molecule has 2 aromatic carbocycles. The summed E-state index contributed by atoms with van der Waals surface area (Å²) in [6.07, 6.45) is 0.344. The molecule has 24 heavy (non-hydrogen) atoms. The van der Waals surface area contributed by atoms with E-state index >= 15 is 0 Å². The number of fused-ring (bicyclic) bond motifs is 1. The van der Waals surface area contributed by atoms with Crippen molar-refractivity contribution >= 4 is 23.2 Å². The quantitative estimate of drug-likeness (QED) is 0.842. The van der Waals surface area contributed by atoms with E-state index in [2.05, 4.69) is 5.32 Å². The third-order valence-corrected chi connectivity index (χ3v) is 3.52. The van der Waals surface area contributed by atoms with Crippen LogP contribution in [0.4, 0.5) is 4.79 Å². The van der Waals surface area contributed by atoms with Crippen molar-refractivity contribution in [3.05, 3.63) is 42.0 Å². The lowest BCUT2D eigenvalue weighted by atomic mass is 9.96. The maximum atomic E-state index is 12.2. The second-order valence-corrected chi connectivity index (χ2v) is 6.50. The average molecular weight is 329 g/mol. The largest absolute Gasteiger partial charge is 0.496 e. The van der Waals surface area contributed by atoms with Crippen molar-refractivity contribution in [2.45, 2.75) is 38.8 Å². The Kier molecular flexibility index (Phi) is 5.44. The number of hydrogen-bond acceptors (Lipinski definition) is 4. The van der Waals surface area contributed by atoms with Gasteiger partial charge in [-0.25, -0.2) is 4.79 Å². The molecule has 0 aromatic heterocycles. The Morgan fingerprint density at radius 3 is 2.54 bits per heavy atom. The molecule has 2 rings (SSSR count). The van der Waals surface area contributed by atoms with Crippen LogP contribution in [0.3, 0.4) is 0 Å². The van der Waals surface area contributed by atoms with Crippen LogP contribution >= 0.6 is 0 Å². The zero-order valence-electron chi connectivity index (χ0n) is 14.5. The van der Waals surface area contributed by atoms with E-state index in [0.29, 0.717) is 5.75 Å². The van der Waals surface area contributed by atoms with Crippen LogP contribution in [0.1, 0.15) is 38.8 Å². The van der Waals surface area contributed by atoms with E-state index in [1.54, 1.807) is 27.9 Å². The lowest BCUT2D eigenvalue weighted by Gasteiger charge is -2.24. The molecule has 0 bridgehead atoms. The van der Waals surface area contributed by atoms with E-state index in [4.69, 9.17) is 9.47 Å². The Balaban J connectivity index is 2.45. The van der Waals surface area contributed by atoms with Crippen molar-refractivity contribution in [3.8, 4) is 5.75 Å². The number of nitrogens with one attached hydrogen (secondary N) is 1. The minimum absolute atomic E-state index is 0.129. The highest BCUT2D eigenvalue weighted by Gasteiger charge is 2.24. The molecular weight excluding hydrogens is 306 g/mol. The molecule has 0 heterocycles. The minimum atomic E-state index is -0.612. The van der Waals surface area contributed by atoms with Gasteiger partial charge < -0.3 is 19.6 Å². The second kappa shape index (κ2) is 7.34. The molecule has 1 N–H and O–H groups in total. The monoisotopic (exact) mass is 329 g/mol. The number of aldehydes is 1. The zero-order valence-corrected chi connectivity index (χ0v) is 14.5. The van der Waals surface area contributed by atoms with Gasteiger partial charge in [-0.2, -0.15) is 0 Å². The summed E-state index contributed by atoms with van der Waals surface area (Å²) >= 11 is 0. The molecular formula is C19H23NO4. The molecule has 0 aliphatic heterocycles. The molecule has 0 fully saturated rings. The molecule has 1 amide bonds. The molecule has 128 valence electrons. The third kappa shape index (κ3) is 4.25. The number of methoxy groups -OCH3 is 1. The number of alkyl carbamates (subject to hydrolysis) is 1. The van der Waals surface area contributed by atoms with Gasteiger partial charge in [-0.15, -0.1) is 0 Å². The number of benzene rings is 2. The number of carbonyl (C=O) groups excluding carboxylic acids is 2. The Bertz CT molecular complexity index is 734. The average Bonchev–Trinajstić information content (AvgIpc) is 2.51. The smallest absolute Gasteiger partial charge is 0.408 e. The number of hydrogen-bond donors (Lipinski definition) is 1. The number of carbonyl (C=O) groups is 2. The number of ether oxygens (including phenoxy) is 2. The highest BCUT2D eigenvalue weighted by Crippen LogP contribution is 2.34. The van der Waals surface area contributed by atoms with E-state index in [9.17, 15) is 9.59 Å². The highest BCUT2D eigenvalue weighted by atomic mass is 16.6. The molecule has 0 spiro atoms. The lowest BCUT2D eigenvalue weighted by molar-refractivity contribution is -0.108. The Labute approximate surface area is 141 Å². The van der Waals surface area contributed by atoms with Crippen LogP contribution in [0, 0.1) is 0 Å². The van der Waals surface area contributed by atoms with Gasteiger partial charge in [0.15, 0.2) is 0 Å². The summed E-state index contributed by atoms with van der Waals surface area (Å²) in [4.78, 5) is 23.3. The SMILES string of the molecule is COc1ccc2ccccc2c1[C@@H](CC=O)NC(=O)OC(C)(C)C. The first-order chi connectivity index (χ1) is 11.4. The van der Waals surface area contributed by atoms with Crippen molar-refractivity contribution < 1.29 is 19.1 Å². The maximum Gasteiger partial charge on any atom is 0.408 e. The molecule has 0 radical (unpaired) electrons. The first-order valence-corrected chi connectivity index (χ1v) is 7.84. The van der Waals surface area contributed by atoms with Crippen molar-refractivity contribution in [1.82, 2.24) is 5.32 Å². The van der Waals surface area contributed by atoms with Crippen LogP contribution in [-0.4, -0.2) is 25.1 Å². The molecule has 5 heteroatoms. The Hall–Kier alpha value is -2.56. The molecule has 1 atom stereocenters. The van der Waals surface area contributed by atoms with Crippen LogP contribution in [0.5, 0.6) is 5.75 Å². The normalized spacial score (nSPS) is 12.5. The summed E-state index contributed by atoms with van der Waals surface area (Å²) in [5.41, 5.74) is 0.159. The van der Waals surface area contributed by atoms with Gasteiger partial charge >= 0.3 is 6.09 Å². The van der Waals surface area contributed by atoms with Crippen LogP contribution < -0.4 is 10.1 Å². The molecule has 0 saturated heterocycles. The summed E-state index contributed by atoms with van der Waals surface area (Å²) in [5, 5.41) is 4.72. The fourth-order valence-electron chi connectivity index (χ4n) is 2.61. The topological polar surface area (TPSA) is 64.6 Å². The van der Waals surface area contributed by atoms with Gasteiger partial charge in [0, 0.05) is 12.0 Å². The molecule has 0 aliphatic rings. The van der Waals surface area contributed by atoms with Gasteiger partial charge in [0.1, 0.15) is 17.6 Å². The predicted molar refractivity (Wildman–Crippen MR) is 93.3 cm³/mol. The molecule has 2 aromatic rings. The molecule has 0 saturated carbocycles. The van der Waals surface area contributed by atoms with Gasteiger partial charge in [0.2, 0.25) is 0 Å². The summed E-state index contributed by atoms with van der Waals surface area (Å²) in [5.74, 6) is 0.622. The van der Waals surface area contributed by atoms with Crippen molar-refractivity contribution in [2.24, 2.45) is 0 Å². The van der Waals surface area contributed by atoms with E-state index in [1.165, 1.54) is 0 Å². The van der Waals surface area contributed by atoms with E-state index < -0.39 is 17.7 Å². The fourth-order valence-corrected chi connectivity index (χ4v) is 2.61. The van der Waals surface area contributed by atoms with Crippen LogP contribution in [0.25, 0.3) is 10.8 Å². The van der Waals surface area contributed by atoms with Crippen molar-refractivity contribution in [3.63, 3.8) is 0 Å². The third-order valence-electron chi connectivity index (χ3n) is 3.52. The first-order valence-electron chi connectivity index (χ1n) is 7.84.